The normalized spacial score (nSPS) is 21.0. The molecular weight excluding hydrogens is 286 g/mol. The van der Waals surface area contributed by atoms with Gasteiger partial charge in [-0.15, -0.1) is 11.8 Å². The molecule has 1 aliphatic rings. The number of carbonyl (C=O) groups is 2. The lowest BCUT2D eigenvalue weighted by molar-refractivity contribution is -0.148. The van der Waals surface area contributed by atoms with Crippen molar-refractivity contribution in [1.82, 2.24) is 4.90 Å². The van der Waals surface area contributed by atoms with E-state index in [1.165, 1.54) is 16.7 Å². The number of hydrogen-bond donors (Lipinski definition) is 1. The van der Waals surface area contributed by atoms with Crippen LogP contribution in [-0.2, 0) is 9.59 Å². The van der Waals surface area contributed by atoms with Crippen LogP contribution >= 0.6 is 11.8 Å². The maximum atomic E-state index is 12.9. The molecule has 1 saturated heterocycles. The van der Waals surface area contributed by atoms with Gasteiger partial charge in [0, 0.05) is 5.75 Å². The zero-order chi connectivity index (χ0) is 15.4. The molecular formula is C16H21NO3S. The fourth-order valence-electron chi connectivity index (χ4n) is 2.65. The van der Waals surface area contributed by atoms with Crippen molar-refractivity contribution in [3.63, 3.8) is 0 Å². The summed E-state index contributed by atoms with van der Waals surface area (Å²) in [5.41, 5.74) is 0.970. The van der Waals surface area contributed by atoms with Gasteiger partial charge in [0.25, 0.3) is 0 Å². The summed E-state index contributed by atoms with van der Waals surface area (Å²) >= 11 is 1.50. The number of carboxylic acids is 1. The Morgan fingerprint density at radius 1 is 1.38 bits per heavy atom. The highest BCUT2D eigenvalue weighted by Gasteiger charge is 2.39. The quantitative estimate of drug-likeness (QED) is 0.909. The number of carbonyl (C=O) groups excluding carboxylic acids is 1. The molecule has 114 valence electrons. The lowest BCUT2D eigenvalue weighted by Gasteiger charge is -2.29. The minimum atomic E-state index is -0.913. The third-order valence-corrected chi connectivity index (χ3v) is 5.10. The molecule has 1 heterocycles. The Morgan fingerprint density at radius 2 is 2.05 bits per heavy atom. The highest BCUT2D eigenvalue weighted by atomic mass is 32.2. The Balaban J connectivity index is 2.29. The van der Waals surface area contributed by atoms with Gasteiger partial charge in [0.1, 0.15) is 6.04 Å². The first-order chi connectivity index (χ1) is 10.1. The van der Waals surface area contributed by atoms with Gasteiger partial charge in [-0.25, -0.2) is 4.79 Å². The minimum absolute atomic E-state index is 0.0621. The lowest BCUT2D eigenvalue weighted by atomic mass is 9.84. The molecule has 0 saturated carbocycles. The average molecular weight is 307 g/mol. The first-order valence-corrected chi connectivity index (χ1v) is 8.37. The van der Waals surface area contributed by atoms with Gasteiger partial charge in [-0.3, -0.25) is 4.79 Å². The Morgan fingerprint density at radius 3 is 2.62 bits per heavy atom. The van der Waals surface area contributed by atoms with E-state index in [4.69, 9.17) is 0 Å². The van der Waals surface area contributed by atoms with Crippen LogP contribution < -0.4 is 0 Å². The van der Waals surface area contributed by atoms with Gasteiger partial charge in [-0.2, -0.15) is 0 Å². The van der Waals surface area contributed by atoms with Crippen molar-refractivity contribution in [3.8, 4) is 0 Å². The van der Waals surface area contributed by atoms with Crippen LogP contribution in [0.2, 0.25) is 0 Å². The minimum Gasteiger partial charge on any atom is -0.480 e. The lowest BCUT2D eigenvalue weighted by Crippen LogP contribution is -2.45. The molecule has 4 nitrogen and oxygen atoms in total. The Labute approximate surface area is 129 Å². The summed E-state index contributed by atoms with van der Waals surface area (Å²) < 4.78 is 0. The fraction of sp³-hybridized carbons (Fsp3) is 0.500. The molecule has 0 radical (unpaired) electrons. The van der Waals surface area contributed by atoms with E-state index in [1.807, 2.05) is 30.3 Å². The first kappa shape index (κ1) is 15.9. The number of amides is 1. The summed E-state index contributed by atoms with van der Waals surface area (Å²) in [6.45, 7) is 4.11. The topological polar surface area (TPSA) is 57.6 Å². The van der Waals surface area contributed by atoms with Crippen molar-refractivity contribution >= 4 is 23.6 Å². The standard InChI is InChI=1S/C16H21NO3S/c1-3-11(2)14(12-7-5-4-6-8-12)15(18)17-10-21-9-13(17)16(19)20/h4-8,11,13-14H,3,9-10H2,1-2H3,(H,19,20). The number of rotatable bonds is 5. The van der Waals surface area contributed by atoms with E-state index in [2.05, 4.69) is 13.8 Å². The van der Waals surface area contributed by atoms with Crippen molar-refractivity contribution in [1.29, 1.82) is 0 Å². The molecule has 1 fully saturated rings. The van der Waals surface area contributed by atoms with E-state index >= 15 is 0 Å². The number of nitrogens with zero attached hydrogens (tertiary/aromatic N) is 1. The van der Waals surface area contributed by atoms with Crippen LogP contribution in [0.1, 0.15) is 31.7 Å². The Bertz CT molecular complexity index is 506. The molecule has 21 heavy (non-hydrogen) atoms. The summed E-state index contributed by atoms with van der Waals surface area (Å²) in [4.78, 5) is 25.7. The Hall–Kier alpha value is -1.49. The van der Waals surface area contributed by atoms with Crippen LogP contribution in [0.25, 0.3) is 0 Å². The summed E-state index contributed by atoms with van der Waals surface area (Å²) in [5, 5.41) is 9.27. The number of carboxylic acid groups (broad SMARTS) is 1. The van der Waals surface area contributed by atoms with Gasteiger partial charge in [-0.1, -0.05) is 50.6 Å². The van der Waals surface area contributed by atoms with E-state index in [9.17, 15) is 14.7 Å². The first-order valence-electron chi connectivity index (χ1n) is 7.22. The highest BCUT2D eigenvalue weighted by Crippen LogP contribution is 2.32. The zero-order valence-corrected chi connectivity index (χ0v) is 13.2. The Kier molecular flexibility index (Phi) is 5.28. The zero-order valence-electron chi connectivity index (χ0n) is 12.4. The van der Waals surface area contributed by atoms with E-state index in [0.29, 0.717) is 11.6 Å². The van der Waals surface area contributed by atoms with E-state index < -0.39 is 12.0 Å². The molecule has 3 unspecified atom stereocenters. The maximum absolute atomic E-state index is 12.9. The number of aliphatic carboxylic acids is 1. The van der Waals surface area contributed by atoms with Crippen LogP contribution in [0.4, 0.5) is 0 Å². The third-order valence-electron chi connectivity index (χ3n) is 4.09. The molecule has 3 atom stereocenters. The number of hydrogen-bond acceptors (Lipinski definition) is 3. The van der Waals surface area contributed by atoms with E-state index in [0.717, 1.165) is 12.0 Å². The largest absolute Gasteiger partial charge is 0.480 e. The second-order valence-electron chi connectivity index (χ2n) is 5.44. The molecule has 5 heteroatoms. The van der Waals surface area contributed by atoms with Crippen molar-refractivity contribution in [2.24, 2.45) is 5.92 Å². The fourth-order valence-corrected chi connectivity index (χ4v) is 3.81. The van der Waals surface area contributed by atoms with Crippen LogP contribution in [-0.4, -0.2) is 39.6 Å². The highest BCUT2D eigenvalue weighted by molar-refractivity contribution is 7.99. The van der Waals surface area contributed by atoms with Gasteiger partial charge in [-0.05, 0) is 11.5 Å². The van der Waals surface area contributed by atoms with Gasteiger partial charge >= 0.3 is 5.97 Å². The van der Waals surface area contributed by atoms with Crippen LogP contribution in [0, 0.1) is 5.92 Å². The summed E-state index contributed by atoms with van der Waals surface area (Å²) in [5.74, 6) is -0.118. The number of benzene rings is 1. The molecule has 1 aromatic carbocycles. The molecule has 1 aromatic rings. The average Bonchev–Trinajstić information content (AvgIpc) is 2.98. The van der Waals surface area contributed by atoms with E-state index in [1.54, 1.807) is 0 Å². The predicted octanol–water partition coefficient (Wildman–Crippen LogP) is 2.80. The second-order valence-corrected chi connectivity index (χ2v) is 6.44. The number of thioether (sulfide) groups is 1. The van der Waals surface area contributed by atoms with Crippen LogP contribution in [0.5, 0.6) is 0 Å². The second kappa shape index (κ2) is 6.98. The van der Waals surface area contributed by atoms with Crippen molar-refractivity contribution in [3.05, 3.63) is 35.9 Å². The molecule has 0 bridgehead atoms. The van der Waals surface area contributed by atoms with Crippen LogP contribution in [0.3, 0.4) is 0 Å². The monoisotopic (exact) mass is 307 g/mol. The summed E-state index contributed by atoms with van der Waals surface area (Å²) in [6.07, 6.45) is 0.879. The van der Waals surface area contributed by atoms with Crippen molar-refractivity contribution in [2.45, 2.75) is 32.2 Å². The summed E-state index contributed by atoms with van der Waals surface area (Å²) in [7, 11) is 0. The molecule has 0 spiro atoms. The molecule has 2 rings (SSSR count). The predicted molar refractivity (Wildman–Crippen MR) is 84.2 cm³/mol. The SMILES string of the molecule is CCC(C)C(C(=O)N1CSCC1C(=O)O)c1ccccc1. The van der Waals surface area contributed by atoms with Crippen LogP contribution in [0.15, 0.2) is 30.3 Å². The van der Waals surface area contributed by atoms with Crippen molar-refractivity contribution in [2.75, 3.05) is 11.6 Å². The molecule has 1 amide bonds. The third kappa shape index (κ3) is 3.40. The molecule has 1 N–H and O–H groups in total. The maximum Gasteiger partial charge on any atom is 0.327 e. The van der Waals surface area contributed by atoms with Gasteiger partial charge in [0.15, 0.2) is 0 Å². The van der Waals surface area contributed by atoms with Gasteiger partial charge < -0.3 is 10.0 Å². The summed E-state index contributed by atoms with van der Waals surface area (Å²) in [6, 6.07) is 8.98. The van der Waals surface area contributed by atoms with E-state index in [-0.39, 0.29) is 17.7 Å². The van der Waals surface area contributed by atoms with Gasteiger partial charge in [0.05, 0.1) is 11.8 Å². The molecule has 1 aliphatic heterocycles. The molecule has 0 aliphatic carbocycles. The smallest absolute Gasteiger partial charge is 0.327 e. The van der Waals surface area contributed by atoms with Gasteiger partial charge in [0.2, 0.25) is 5.91 Å². The molecule has 0 aromatic heterocycles. The van der Waals surface area contributed by atoms with Crippen molar-refractivity contribution < 1.29 is 14.7 Å².